The van der Waals surface area contributed by atoms with E-state index in [1.165, 1.54) is 0 Å². The van der Waals surface area contributed by atoms with Crippen molar-refractivity contribution in [3.8, 4) is 6.07 Å². The average Bonchev–Trinajstić information content (AvgIpc) is 2.93. The predicted molar refractivity (Wildman–Crippen MR) is 75.5 cm³/mol. The number of aromatic nitrogens is 2. The lowest BCUT2D eigenvalue weighted by atomic mass is 10.1. The highest BCUT2D eigenvalue weighted by molar-refractivity contribution is 5.61. The molecule has 5 nitrogen and oxygen atoms in total. The molecular formula is C14H17N5. The second-order valence-electron chi connectivity index (χ2n) is 4.35. The van der Waals surface area contributed by atoms with Gasteiger partial charge in [0, 0.05) is 36.9 Å². The van der Waals surface area contributed by atoms with Crippen molar-refractivity contribution in [2.45, 2.75) is 19.4 Å². The largest absolute Gasteiger partial charge is 0.398 e. The molecule has 3 N–H and O–H groups in total. The molecule has 5 heteroatoms. The smallest absolute Gasteiger partial charge is 0.101 e. The van der Waals surface area contributed by atoms with Crippen molar-refractivity contribution in [2.24, 2.45) is 0 Å². The maximum Gasteiger partial charge on any atom is 0.101 e. The highest BCUT2D eigenvalue weighted by Gasteiger charge is 1.99. The van der Waals surface area contributed by atoms with Gasteiger partial charge in [-0.05, 0) is 31.0 Å². The lowest BCUT2D eigenvalue weighted by Gasteiger charge is -2.08. The van der Waals surface area contributed by atoms with Crippen molar-refractivity contribution in [3.05, 3.63) is 42.5 Å². The Kier molecular flexibility index (Phi) is 4.40. The maximum atomic E-state index is 8.89. The molecule has 2 rings (SSSR count). The fourth-order valence-corrected chi connectivity index (χ4v) is 1.83. The van der Waals surface area contributed by atoms with E-state index >= 15 is 0 Å². The summed E-state index contributed by atoms with van der Waals surface area (Å²) in [5, 5.41) is 12.2. The third kappa shape index (κ3) is 3.75. The van der Waals surface area contributed by atoms with Crippen LogP contribution in [0.3, 0.4) is 0 Å². The highest BCUT2D eigenvalue weighted by atomic mass is 15.0. The third-order valence-corrected chi connectivity index (χ3v) is 2.91. The molecule has 0 aliphatic heterocycles. The Hall–Kier alpha value is -2.48. The molecule has 1 heterocycles. The van der Waals surface area contributed by atoms with Crippen LogP contribution in [0.1, 0.15) is 18.4 Å². The number of nitriles is 1. The lowest BCUT2D eigenvalue weighted by Crippen LogP contribution is -2.04. The first-order valence-electron chi connectivity index (χ1n) is 6.29. The van der Waals surface area contributed by atoms with Gasteiger partial charge in [-0.15, -0.1) is 0 Å². The quantitative estimate of drug-likeness (QED) is 0.612. The summed E-state index contributed by atoms with van der Waals surface area (Å²) in [5.74, 6) is 0. The van der Waals surface area contributed by atoms with Crippen LogP contribution in [0.4, 0.5) is 11.4 Å². The van der Waals surface area contributed by atoms with Crippen molar-refractivity contribution in [3.63, 3.8) is 0 Å². The lowest BCUT2D eigenvalue weighted by molar-refractivity contribution is 0.621. The number of imidazole rings is 1. The number of rotatable bonds is 6. The highest BCUT2D eigenvalue weighted by Crippen LogP contribution is 2.16. The Bertz CT molecular complexity index is 554. The number of hydrogen-bond acceptors (Lipinski definition) is 4. The molecule has 0 radical (unpaired) electrons. The van der Waals surface area contributed by atoms with Crippen LogP contribution in [-0.2, 0) is 6.54 Å². The summed E-state index contributed by atoms with van der Waals surface area (Å²) < 4.78 is 2.07. The van der Waals surface area contributed by atoms with Gasteiger partial charge in [-0.3, -0.25) is 0 Å². The van der Waals surface area contributed by atoms with Crippen molar-refractivity contribution < 1.29 is 0 Å². The van der Waals surface area contributed by atoms with Gasteiger partial charge in [0.05, 0.1) is 11.9 Å². The number of unbranched alkanes of at least 4 members (excludes halogenated alkanes) is 1. The van der Waals surface area contributed by atoms with Gasteiger partial charge >= 0.3 is 0 Å². The van der Waals surface area contributed by atoms with Crippen LogP contribution in [-0.4, -0.2) is 16.1 Å². The minimum absolute atomic E-state index is 0.517. The molecule has 98 valence electrons. The topological polar surface area (TPSA) is 79.7 Å². The van der Waals surface area contributed by atoms with E-state index in [-0.39, 0.29) is 0 Å². The molecule has 0 saturated heterocycles. The summed E-state index contributed by atoms with van der Waals surface area (Å²) in [5.41, 5.74) is 7.65. The first-order chi connectivity index (χ1) is 9.29. The van der Waals surface area contributed by atoms with E-state index in [0.29, 0.717) is 11.3 Å². The average molecular weight is 255 g/mol. The molecule has 1 aromatic carbocycles. The van der Waals surface area contributed by atoms with E-state index in [0.717, 1.165) is 31.6 Å². The minimum atomic E-state index is 0.517. The monoisotopic (exact) mass is 255 g/mol. The molecule has 0 unspecified atom stereocenters. The van der Waals surface area contributed by atoms with Gasteiger partial charge in [0.25, 0.3) is 0 Å². The summed E-state index contributed by atoms with van der Waals surface area (Å²) in [7, 11) is 0. The summed E-state index contributed by atoms with van der Waals surface area (Å²) in [6, 6.07) is 7.51. The number of nitrogens with two attached hydrogens (primary N) is 1. The molecule has 0 atom stereocenters. The van der Waals surface area contributed by atoms with Crippen LogP contribution in [0, 0.1) is 11.3 Å². The van der Waals surface area contributed by atoms with Gasteiger partial charge in [0.2, 0.25) is 0 Å². The number of nitrogens with zero attached hydrogens (tertiary/aromatic N) is 3. The fraction of sp³-hybridized carbons (Fsp3) is 0.286. The van der Waals surface area contributed by atoms with Gasteiger partial charge in [-0.25, -0.2) is 4.98 Å². The molecule has 19 heavy (non-hydrogen) atoms. The number of benzene rings is 1. The molecule has 1 aromatic heterocycles. The molecule has 0 bridgehead atoms. The van der Waals surface area contributed by atoms with Crippen LogP contribution >= 0.6 is 0 Å². The summed E-state index contributed by atoms with van der Waals surface area (Å²) >= 11 is 0. The zero-order chi connectivity index (χ0) is 13.5. The molecular weight excluding hydrogens is 238 g/mol. The predicted octanol–water partition coefficient (Wildman–Crippen LogP) is 2.23. The van der Waals surface area contributed by atoms with Gasteiger partial charge in [-0.1, -0.05) is 0 Å². The number of hydrogen-bond donors (Lipinski definition) is 2. The van der Waals surface area contributed by atoms with E-state index < -0.39 is 0 Å². The normalized spacial score (nSPS) is 10.1. The summed E-state index contributed by atoms with van der Waals surface area (Å²) in [6.45, 7) is 1.86. The Labute approximate surface area is 112 Å². The summed E-state index contributed by atoms with van der Waals surface area (Å²) in [4.78, 5) is 4.00. The van der Waals surface area contributed by atoms with Crippen LogP contribution in [0.15, 0.2) is 36.9 Å². The third-order valence-electron chi connectivity index (χ3n) is 2.91. The Morgan fingerprint density at radius 3 is 3.00 bits per heavy atom. The molecule has 0 saturated carbocycles. The first-order valence-corrected chi connectivity index (χ1v) is 6.29. The maximum absolute atomic E-state index is 8.89. The molecule has 0 aliphatic carbocycles. The van der Waals surface area contributed by atoms with E-state index in [4.69, 9.17) is 11.0 Å². The van der Waals surface area contributed by atoms with Gasteiger partial charge in [0.1, 0.15) is 6.07 Å². The SMILES string of the molecule is N#Cc1cc(NCCCCn2ccnc2)ccc1N. The van der Waals surface area contributed by atoms with Crippen molar-refractivity contribution in [1.82, 2.24) is 9.55 Å². The number of aryl methyl sites for hydroxylation is 1. The van der Waals surface area contributed by atoms with Gasteiger partial charge < -0.3 is 15.6 Å². The van der Waals surface area contributed by atoms with Gasteiger partial charge in [0.15, 0.2) is 0 Å². The number of anilines is 2. The summed E-state index contributed by atoms with van der Waals surface area (Å²) in [6.07, 6.45) is 7.73. The van der Waals surface area contributed by atoms with E-state index in [1.807, 2.05) is 18.6 Å². The zero-order valence-electron chi connectivity index (χ0n) is 10.7. The van der Waals surface area contributed by atoms with Crippen LogP contribution in [0.5, 0.6) is 0 Å². The zero-order valence-corrected chi connectivity index (χ0v) is 10.7. The molecule has 2 aromatic rings. The second-order valence-corrected chi connectivity index (χ2v) is 4.35. The van der Waals surface area contributed by atoms with Crippen LogP contribution < -0.4 is 11.1 Å². The first kappa shape index (κ1) is 13.0. The fourth-order valence-electron chi connectivity index (χ4n) is 1.83. The van der Waals surface area contributed by atoms with Crippen LogP contribution in [0.2, 0.25) is 0 Å². The molecule has 0 amide bonds. The standard InChI is InChI=1S/C14H17N5/c15-10-12-9-13(3-4-14(12)16)18-5-1-2-7-19-8-6-17-11-19/h3-4,6,8-9,11,18H,1-2,5,7,16H2. The van der Waals surface area contributed by atoms with Gasteiger partial charge in [-0.2, -0.15) is 5.26 Å². The van der Waals surface area contributed by atoms with E-state index in [9.17, 15) is 0 Å². The van der Waals surface area contributed by atoms with Crippen molar-refractivity contribution in [1.29, 1.82) is 5.26 Å². The second kappa shape index (κ2) is 6.45. The molecule has 0 fully saturated rings. The van der Waals surface area contributed by atoms with Crippen LogP contribution in [0.25, 0.3) is 0 Å². The van der Waals surface area contributed by atoms with Crippen molar-refractivity contribution in [2.75, 3.05) is 17.6 Å². The number of nitrogens with one attached hydrogen (secondary N) is 1. The number of nitrogen functional groups attached to an aromatic ring is 1. The Balaban J connectivity index is 1.72. The van der Waals surface area contributed by atoms with Crippen molar-refractivity contribution >= 4 is 11.4 Å². The van der Waals surface area contributed by atoms with E-state index in [2.05, 4.69) is 20.9 Å². The molecule has 0 aliphatic rings. The minimum Gasteiger partial charge on any atom is -0.398 e. The van der Waals surface area contributed by atoms with E-state index in [1.54, 1.807) is 18.3 Å². The Morgan fingerprint density at radius 1 is 1.37 bits per heavy atom. The molecule has 0 spiro atoms. The Morgan fingerprint density at radius 2 is 2.26 bits per heavy atom.